The molecule has 3 aromatic rings. The van der Waals surface area contributed by atoms with Gasteiger partial charge in [0.25, 0.3) is 5.91 Å². The second-order valence-corrected chi connectivity index (χ2v) is 6.51. The van der Waals surface area contributed by atoms with E-state index in [1.807, 2.05) is 42.5 Å². The summed E-state index contributed by atoms with van der Waals surface area (Å²) in [6.45, 7) is 1.20. The van der Waals surface area contributed by atoms with E-state index >= 15 is 0 Å². The van der Waals surface area contributed by atoms with Crippen LogP contribution in [0.25, 0.3) is 11.3 Å². The number of ether oxygens (including phenoxy) is 1. The van der Waals surface area contributed by atoms with Crippen molar-refractivity contribution in [3.8, 4) is 11.3 Å². The smallest absolute Gasteiger partial charge is 0.251 e. The lowest BCUT2D eigenvalue weighted by atomic mass is 10.1. The van der Waals surface area contributed by atoms with Crippen LogP contribution in [-0.4, -0.2) is 36.1 Å². The molecule has 0 atom stereocenters. The van der Waals surface area contributed by atoms with Gasteiger partial charge >= 0.3 is 0 Å². The van der Waals surface area contributed by atoms with Crippen LogP contribution < -0.4 is 10.6 Å². The van der Waals surface area contributed by atoms with Gasteiger partial charge in [0.1, 0.15) is 0 Å². The Kier molecular flexibility index (Phi) is 6.94. The lowest BCUT2D eigenvalue weighted by Gasteiger charge is -2.08. The van der Waals surface area contributed by atoms with Crippen LogP contribution in [-0.2, 0) is 4.74 Å². The highest BCUT2D eigenvalue weighted by molar-refractivity contribution is 6.30. The number of amides is 1. The number of nitrogens with zero attached hydrogens (tertiary/aromatic N) is 2. The van der Waals surface area contributed by atoms with E-state index in [0.717, 1.165) is 23.4 Å². The molecule has 3 rings (SSSR count). The number of hydrogen-bond donors (Lipinski definition) is 2. The van der Waals surface area contributed by atoms with E-state index in [2.05, 4.69) is 20.6 Å². The normalized spacial score (nSPS) is 10.5. The van der Waals surface area contributed by atoms with Crippen LogP contribution in [0.2, 0.25) is 5.02 Å². The number of aromatic nitrogens is 2. The van der Waals surface area contributed by atoms with Gasteiger partial charge in [-0.25, -0.2) is 9.97 Å². The second-order valence-electron chi connectivity index (χ2n) is 6.08. The summed E-state index contributed by atoms with van der Waals surface area (Å²) in [5.74, 6) is 0.368. The molecule has 0 radical (unpaired) electrons. The Hall–Kier alpha value is -2.96. The maximum Gasteiger partial charge on any atom is 0.251 e. The molecule has 2 aromatic carbocycles. The predicted molar refractivity (Wildman–Crippen MR) is 111 cm³/mol. The van der Waals surface area contributed by atoms with Crippen molar-refractivity contribution in [3.63, 3.8) is 0 Å². The van der Waals surface area contributed by atoms with E-state index in [1.54, 1.807) is 25.4 Å². The van der Waals surface area contributed by atoms with Gasteiger partial charge in [0, 0.05) is 48.3 Å². The van der Waals surface area contributed by atoms with Crippen molar-refractivity contribution in [2.24, 2.45) is 0 Å². The first kappa shape index (κ1) is 19.8. The predicted octanol–water partition coefficient (Wildman–Crippen LogP) is 4.31. The van der Waals surface area contributed by atoms with Crippen LogP contribution in [0.1, 0.15) is 16.8 Å². The zero-order valence-electron chi connectivity index (χ0n) is 15.5. The van der Waals surface area contributed by atoms with E-state index < -0.39 is 0 Å². The molecule has 1 aromatic heterocycles. The van der Waals surface area contributed by atoms with E-state index in [9.17, 15) is 4.79 Å². The second kappa shape index (κ2) is 9.82. The number of carbonyl (C=O) groups excluding carboxylic acids is 1. The first-order valence-electron chi connectivity index (χ1n) is 8.89. The molecule has 0 fully saturated rings. The lowest BCUT2D eigenvalue weighted by molar-refractivity contribution is 0.0948. The highest BCUT2D eigenvalue weighted by atomic mass is 35.5. The minimum Gasteiger partial charge on any atom is -0.385 e. The molecule has 0 unspecified atom stereocenters. The quantitative estimate of drug-likeness (QED) is 0.555. The highest BCUT2D eigenvalue weighted by Crippen LogP contribution is 2.21. The molecule has 7 heteroatoms. The van der Waals surface area contributed by atoms with Crippen molar-refractivity contribution in [3.05, 3.63) is 71.4 Å². The highest BCUT2D eigenvalue weighted by Gasteiger charge is 2.06. The summed E-state index contributed by atoms with van der Waals surface area (Å²) in [6, 6.07) is 16.5. The fraction of sp³-hybridized carbons (Fsp3) is 0.190. The van der Waals surface area contributed by atoms with E-state index in [1.165, 1.54) is 0 Å². The van der Waals surface area contributed by atoms with Crippen LogP contribution in [0.4, 0.5) is 11.6 Å². The summed E-state index contributed by atoms with van der Waals surface area (Å²) in [6.07, 6.45) is 2.48. The van der Waals surface area contributed by atoms with Crippen LogP contribution in [0.15, 0.2) is 60.8 Å². The van der Waals surface area contributed by atoms with Crippen LogP contribution >= 0.6 is 11.6 Å². The Balaban J connectivity index is 1.63. The summed E-state index contributed by atoms with van der Waals surface area (Å²) in [7, 11) is 1.64. The fourth-order valence-corrected chi connectivity index (χ4v) is 2.68. The van der Waals surface area contributed by atoms with Crippen LogP contribution in [0.3, 0.4) is 0 Å². The first-order valence-corrected chi connectivity index (χ1v) is 9.27. The number of rotatable bonds is 8. The van der Waals surface area contributed by atoms with E-state index in [0.29, 0.717) is 29.7 Å². The number of hydrogen-bond acceptors (Lipinski definition) is 5. The topological polar surface area (TPSA) is 76.1 Å². The van der Waals surface area contributed by atoms with Gasteiger partial charge in [-0.1, -0.05) is 23.7 Å². The minimum atomic E-state index is -0.108. The van der Waals surface area contributed by atoms with Gasteiger partial charge in [-0.3, -0.25) is 4.79 Å². The molecular weight excluding hydrogens is 376 g/mol. The number of halogens is 1. The third-order valence-corrected chi connectivity index (χ3v) is 4.26. The fourth-order valence-electron chi connectivity index (χ4n) is 2.55. The third-order valence-electron chi connectivity index (χ3n) is 4.01. The molecule has 2 N–H and O–H groups in total. The Bertz CT molecular complexity index is 914. The molecule has 6 nitrogen and oxygen atoms in total. The number of nitrogens with one attached hydrogen (secondary N) is 2. The average molecular weight is 397 g/mol. The van der Waals surface area contributed by atoms with Crippen LogP contribution in [0, 0.1) is 0 Å². The SMILES string of the molecule is COCCCNC(=O)c1ccc(Nc2nccc(-c3ccc(Cl)cc3)n2)cc1. The van der Waals surface area contributed by atoms with Crippen molar-refractivity contribution in [1.29, 1.82) is 0 Å². The lowest BCUT2D eigenvalue weighted by Crippen LogP contribution is -2.25. The molecule has 0 aliphatic heterocycles. The number of anilines is 2. The van der Waals surface area contributed by atoms with Gasteiger partial charge in [-0.15, -0.1) is 0 Å². The molecule has 0 saturated heterocycles. The Morgan fingerprint density at radius 1 is 1.07 bits per heavy atom. The Labute approximate surface area is 168 Å². The Morgan fingerprint density at radius 2 is 1.82 bits per heavy atom. The average Bonchev–Trinajstić information content (AvgIpc) is 2.72. The van der Waals surface area contributed by atoms with E-state index in [-0.39, 0.29) is 5.91 Å². The van der Waals surface area contributed by atoms with Crippen molar-refractivity contribution in [2.75, 3.05) is 25.6 Å². The molecule has 0 bridgehead atoms. The molecule has 0 spiro atoms. The summed E-state index contributed by atoms with van der Waals surface area (Å²) >= 11 is 5.94. The molecule has 144 valence electrons. The molecule has 0 aliphatic rings. The van der Waals surface area contributed by atoms with Crippen LogP contribution in [0.5, 0.6) is 0 Å². The number of benzene rings is 2. The van der Waals surface area contributed by atoms with Gasteiger partial charge in [0.2, 0.25) is 5.95 Å². The maximum atomic E-state index is 12.1. The van der Waals surface area contributed by atoms with Gasteiger partial charge in [-0.05, 0) is 48.9 Å². The Morgan fingerprint density at radius 3 is 2.54 bits per heavy atom. The molecular formula is C21H21ClN4O2. The third kappa shape index (κ3) is 5.52. The first-order chi connectivity index (χ1) is 13.7. The minimum absolute atomic E-state index is 0.108. The zero-order chi connectivity index (χ0) is 19.8. The van der Waals surface area contributed by atoms with Crippen molar-refractivity contribution in [2.45, 2.75) is 6.42 Å². The van der Waals surface area contributed by atoms with Crippen molar-refractivity contribution < 1.29 is 9.53 Å². The monoisotopic (exact) mass is 396 g/mol. The summed E-state index contributed by atoms with van der Waals surface area (Å²) in [4.78, 5) is 20.9. The van der Waals surface area contributed by atoms with E-state index in [4.69, 9.17) is 16.3 Å². The number of methoxy groups -OCH3 is 1. The van der Waals surface area contributed by atoms with Gasteiger partial charge in [0.05, 0.1) is 5.69 Å². The molecule has 1 heterocycles. The zero-order valence-corrected chi connectivity index (χ0v) is 16.2. The van der Waals surface area contributed by atoms with Crippen molar-refractivity contribution in [1.82, 2.24) is 15.3 Å². The maximum absolute atomic E-state index is 12.1. The summed E-state index contributed by atoms with van der Waals surface area (Å²) in [5.41, 5.74) is 3.14. The molecule has 0 saturated carbocycles. The van der Waals surface area contributed by atoms with Gasteiger partial charge in [-0.2, -0.15) is 0 Å². The van der Waals surface area contributed by atoms with Gasteiger partial charge < -0.3 is 15.4 Å². The van der Waals surface area contributed by atoms with Gasteiger partial charge in [0.15, 0.2) is 0 Å². The molecule has 1 amide bonds. The van der Waals surface area contributed by atoms with Crippen molar-refractivity contribution >= 4 is 29.1 Å². The summed E-state index contributed by atoms with van der Waals surface area (Å²) < 4.78 is 4.97. The summed E-state index contributed by atoms with van der Waals surface area (Å²) in [5, 5.41) is 6.69. The standard InChI is InChI=1S/C21H21ClN4O2/c1-28-14-2-12-23-20(27)16-5-9-18(10-6-16)25-21-24-13-11-19(26-21)15-3-7-17(22)8-4-15/h3-11,13H,2,12,14H2,1H3,(H,23,27)(H,24,25,26). The largest absolute Gasteiger partial charge is 0.385 e. The number of carbonyl (C=O) groups is 1. The molecule has 28 heavy (non-hydrogen) atoms. The molecule has 0 aliphatic carbocycles.